The van der Waals surface area contributed by atoms with E-state index in [1.165, 1.54) is 34.0 Å². The SMILES string of the molecule is CC(CCCNC(=O)CSCCNC(=O)OCC1c2ccccc2-c2ccccc21)C(=O)O. The molecule has 0 heterocycles. The highest BCUT2D eigenvalue weighted by molar-refractivity contribution is 7.99. The minimum Gasteiger partial charge on any atom is -0.481 e. The maximum atomic E-state index is 12.1. The third kappa shape index (κ3) is 6.99. The van der Waals surface area contributed by atoms with Crippen LogP contribution >= 0.6 is 11.8 Å². The molecule has 2 aromatic carbocycles. The number of fused-ring (bicyclic) bond motifs is 3. The average Bonchev–Trinajstić information content (AvgIpc) is 3.13. The Bertz CT molecular complexity index is 935. The van der Waals surface area contributed by atoms with Crippen molar-refractivity contribution in [2.24, 2.45) is 5.92 Å². The predicted molar refractivity (Wildman–Crippen MR) is 129 cm³/mol. The molecule has 2 aromatic rings. The summed E-state index contributed by atoms with van der Waals surface area (Å²) in [5.74, 6) is -0.404. The molecule has 3 rings (SSSR count). The third-order valence-corrected chi connectivity index (χ3v) is 6.61. The summed E-state index contributed by atoms with van der Waals surface area (Å²) in [4.78, 5) is 34.7. The maximum Gasteiger partial charge on any atom is 0.407 e. The van der Waals surface area contributed by atoms with Crippen LogP contribution < -0.4 is 10.6 Å². The molecule has 0 spiro atoms. The second-order valence-corrected chi connectivity index (χ2v) is 9.14. The fraction of sp³-hybridized carbons (Fsp3) is 0.400. The van der Waals surface area contributed by atoms with Crippen molar-refractivity contribution in [1.29, 1.82) is 0 Å². The second kappa shape index (κ2) is 12.3. The van der Waals surface area contributed by atoms with E-state index in [0.717, 1.165) is 0 Å². The Morgan fingerprint density at radius 2 is 1.64 bits per heavy atom. The van der Waals surface area contributed by atoms with Crippen molar-refractivity contribution in [3.8, 4) is 11.1 Å². The van der Waals surface area contributed by atoms with Crippen LogP contribution in [0.2, 0.25) is 0 Å². The highest BCUT2D eigenvalue weighted by Gasteiger charge is 2.28. The van der Waals surface area contributed by atoms with Crippen molar-refractivity contribution in [3.05, 3.63) is 59.7 Å². The van der Waals surface area contributed by atoms with Crippen molar-refractivity contribution in [2.75, 3.05) is 31.2 Å². The third-order valence-electron chi connectivity index (χ3n) is 5.65. The summed E-state index contributed by atoms with van der Waals surface area (Å²) in [6.07, 6.45) is 0.703. The number of alkyl carbamates (subject to hydrolysis) is 1. The number of hydrogen-bond donors (Lipinski definition) is 3. The largest absolute Gasteiger partial charge is 0.481 e. The Hall–Kier alpha value is -3.00. The molecule has 1 aliphatic rings. The molecule has 1 unspecified atom stereocenters. The summed E-state index contributed by atoms with van der Waals surface area (Å²) in [6.45, 7) is 2.80. The van der Waals surface area contributed by atoms with Crippen molar-refractivity contribution in [3.63, 3.8) is 0 Å². The zero-order valence-electron chi connectivity index (χ0n) is 18.7. The van der Waals surface area contributed by atoms with E-state index >= 15 is 0 Å². The van der Waals surface area contributed by atoms with Gasteiger partial charge in [0, 0.05) is 24.8 Å². The van der Waals surface area contributed by atoms with Crippen LogP contribution in [0, 0.1) is 5.92 Å². The van der Waals surface area contributed by atoms with Crippen LogP contribution in [0.5, 0.6) is 0 Å². The number of carbonyl (C=O) groups excluding carboxylic acids is 2. The average molecular weight is 471 g/mol. The van der Waals surface area contributed by atoms with Gasteiger partial charge in [0.2, 0.25) is 5.91 Å². The molecule has 0 saturated carbocycles. The van der Waals surface area contributed by atoms with Gasteiger partial charge in [-0.15, -0.1) is 0 Å². The minimum absolute atomic E-state index is 0.0275. The van der Waals surface area contributed by atoms with Crippen LogP contribution in [0.3, 0.4) is 0 Å². The van der Waals surface area contributed by atoms with E-state index in [2.05, 4.69) is 34.9 Å². The number of thioether (sulfide) groups is 1. The summed E-state index contributed by atoms with van der Waals surface area (Å²) in [7, 11) is 0. The van der Waals surface area contributed by atoms with Crippen molar-refractivity contribution in [2.45, 2.75) is 25.7 Å². The monoisotopic (exact) mass is 470 g/mol. The summed E-state index contributed by atoms with van der Waals surface area (Å²) in [6, 6.07) is 16.4. The van der Waals surface area contributed by atoms with E-state index in [1.807, 2.05) is 24.3 Å². The molecule has 7 nitrogen and oxygen atoms in total. The maximum absolute atomic E-state index is 12.1. The van der Waals surface area contributed by atoms with Crippen LogP contribution in [-0.4, -0.2) is 54.3 Å². The Morgan fingerprint density at radius 1 is 1.00 bits per heavy atom. The summed E-state index contributed by atoms with van der Waals surface area (Å²) in [5, 5.41) is 14.3. The number of benzene rings is 2. The van der Waals surface area contributed by atoms with Crippen molar-refractivity contribution < 1.29 is 24.2 Å². The molecule has 3 N–H and O–H groups in total. The first-order valence-corrected chi connectivity index (χ1v) is 12.3. The number of carboxylic acid groups (broad SMARTS) is 1. The lowest BCUT2D eigenvalue weighted by molar-refractivity contribution is -0.141. The van der Waals surface area contributed by atoms with E-state index in [4.69, 9.17) is 9.84 Å². The molecule has 0 bridgehead atoms. The number of carboxylic acids is 1. The van der Waals surface area contributed by atoms with Gasteiger partial charge < -0.3 is 20.5 Å². The van der Waals surface area contributed by atoms with Gasteiger partial charge in [0.1, 0.15) is 6.61 Å². The molecule has 33 heavy (non-hydrogen) atoms. The number of rotatable bonds is 12. The first kappa shape index (κ1) is 24.6. The smallest absolute Gasteiger partial charge is 0.407 e. The summed E-state index contributed by atoms with van der Waals surface area (Å²) >= 11 is 1.42. The Kier molecular flexibility index (Phi) is 9.18. The van der Waals surface area contributed by atoms with Crippen LogP contribution in [-0.2, 0) is 14.3 Å². The van der Waals surface area contributed by atoms with Gasteiger partial charge in [-0.25, -0.2) is 4.79 Å². The summed E-state index contributed by atoms with van der Waals surface area (Å²) in [5.41, 5.74) is 4.72. The quantitative estimate of drug-likeness (QED) is 0.407. The van der Waals surface area contributed by atoms with Gasteiger partial charge in [-0.3, -0.25) is 9.59 Å². The van der Waals surface area contributed by atoms with Crippen LogP contribution in [0.4, 0.5) is 4.79 Å². The zero-order chi connectivity index (χ0) is 23.6. The molecule has 176 valence electrons. The Balaban J connectivity index is 1.30. The molecule has 0 radical (unpaired) electrons. The van der Waals surface area contributed by atoms with E-state index in [9.17, 15) is 14.4 Å². The minimum atomic E-state index is -0.819. The highest BCUT2D eigenvalue weighted by Crippen LogP contribution is 2.44. The van der Waals surface area contributed by atoms with Crippen LogP contribution in [0.25, 0.3) is 11.1 Å². The lowest BCUT2D eigenvalue weighted by atomic mass is 9.98. The normalized spacial score (nSPS) is 13.0. The molecule has 1 aliphatic carbocycles. The fourth-order valence-corrected chi connectivity index (χ4v) is 4.53. The molecule has 0 saturated heterocycles. The lowest BCUT2D eigenvalue weighted by Gasteiger charge is -2.14. The van der Waals surface area contributed by atoms with Crippen molar-refractivity contribution >= 4 is 29.7 Å². The van der Waals surface area contributed by atoms with Crippen LogP contribution in [0.1, 0.15) is 36.8 Å². The molecule has 2 amide bonds. The fourth-order valence-electron chi connectivity index (χ4n) is 3.85. The topological polar surface area (TPSA) is 105 Å². The number of aliphatic carboxylic acids is 1. The van der Waals surface area contributed by atoms with Gasteiger partial charge in [0.25, 0.3) is 0 Å². The van der Waals surface area contributed by atoms with Gasteiger partial charge in [-0.1, -0.05) is 55.5 Å². The highest BCUT2D eigenvalue weighted by atomic mass is 32.2. The molecule has 0 fully saturated rings. The Morgan fingerprint density at radius 3 is 2.27 bits per heavy atom. The van der Waals surface area contributed by atoms with Crippen LogP contribution in [0.15, 0.2) is 48.5 Å². The number of carbonyl (C=O) groups is 3. The number of hydrogen-bond acceptors (Lipinski definition) is 5. The van der Waals surface area contributed by atoms with E-state index in [-0.39, 0.29) is 18.4 Å². The molecule has 0 aromatic heterocycles. The Labute approximate surface area is 198 Å². The van der Waals surface area contributed by atoms with Gasteiger partial charge in [0.05, 0.1) is 11.7 Å². The van der Waals surface area contributed by atoms with E-state index in [0.29, 0.717) is 37.4 Å². The molecular weight excluding hydrogens is 440 g/mol. The second-order valence-electron chi connectivity index (χ2n) is 8.04. The van der Waals surface area contributed by atoms with Gasteiger partial charge in [0.15, 0.2) is 0 Å². The lowest BCUT2D eigenvalue weighted by Crippen LogP contribution is -2.29. The first-order chi connectivity index (χ1) is 16.0. The number of ether oxygens (including phenoxy) is 1. The van der Waals surface area contributed by atoms with Gasteiger partial charge >= 0.3 is 12.1 Å². The standard InChI is InChI=1S/C25H30N2O5S/c1-17(24(29)30)7-6-12-26-23(28)16-33-14-13-27-25(31)32-15-22-20-10-4-2-8-18(20)19-9-3-5-11-21(19)22/h2-5,8-11,17,22H,6-7,12-16H2,1H3,(H,26,28)(H,27,31)(H,29,30). The van der Waals surface area contributed by atoms with Gasteiger partial charge in [-0.05, 0) is 35.1 Å². The molecular formula is C25H30N2O5S. The zero-order valence-corrected chi connectivity index (χ0v) is 19.5. The van der Waals surface area contributed by atoms with Crippen molar-refractivity contribution in [1.82, 2.24) is 10.6 Å². The summed E-state index contributed by atoms with van der Waals surface area (Å²) < 4.78 is 5.49. The molecule has 8 heteroatoms. The number of nitrogens with one attached hydrogen (secondary N) is 2. The molecule has 0 aliphatic heterocycles. The first-order valence-electron chi connectivity index (χ1n) is 11.1. The predicted octanol–water partition coefficient (Wildman–Crippen LogP) is 3.88. The molecule has 1 atom stereocenters. The van der Waals surface area contributed by atoms with Gasteiger partial charge in [-0.2, -0.15) is 11.8 Å². The van der Waals surface area contributed by atoms with E-state index < -0.39 is 18.0 Å². The number of amides is 2. The van der Waals surface area contributed by atoms with E-state index in [1.54, 1.807) is 6.92 Å².